The van der Waals surface area contributed by atoms with Gasteiger partial charge in [-0.15, -0.1) is 0 Å². The summed E-state index contributed by atoms with van der Waals surface area (Å²) < 4.78 is 0. The lowest BCUT2D eigenvalue weighted by Crippen LogP contribution is -2.59. The molecule has 0 radical (unpaired) electrons. The van der Waals surface area contributed by atoms with E-state index in [9.17, 15) is 0 Å². The first-order chi connectivity index (χ1) is 27.2. The van der Waals surface area contributed by atoms with Crippen molar-refractivity contribution in [2.24, 2.45) is 23.2 Å². The van der Waals surface area contributed by atoms with Gasteiger partial charge in [-0.1, -0.05) is 151 Å². The van der Waals surface area contributed by atoms with Crippen LogP contribution in [0.15, 0.2) is 132 Å². The molecule has 0 amide bonds. The summed E-state index contributed by atoms with van der Waals surface area (Å²) in [7, 11) is 0. The highest BCUT2D eigenvalue weighted by atomic mass is 15.2. The monoisotopic (exact) mass is 753 g/mol. The Morgan fingerprint density at radius 3 is 2.16 bits per heavy atom. The van der Waals surface area contributed by atoms with Crippen molar-refractivity contribution < 1.29 is 0 Å². The first kappa shape index (κ1) is 38.3. The number of fused-ring (bicyclic) bond motifs is 4. The third kappa shape index (κ3) is 6.56. The summed E-state index contributed by atoms with van der Waals surface area (Å²) in [6.45, 7) is 21.9. The molecule has 294 valence electrons. The minimum atomic E-state index is -0.0978. The Kier molecular flexibility index (Phi) is 9.57. The molecule has 0 N–H and O–H groups in total. The van der Waals surface area contributed by atoms with Crippen LogP contribution in [0.1, 0.15) is 117 Å². The molecule has 0 spiro atoms. The van der Waals surface area contributed by atoms with E-state index in [0.717, 1.165) is 32.1 Å². The largest absolute Gasteiger partial charge is 0.335 e. The Morgan fingerprint density at radius 2 is 1.49 bits per heavy atom. The van der Waals surface area contributed by atoms with Gasteiger partial charge in [0, 0.05) is 39.9 Å². The van der Waals surface area contributed by atoms with Crippen molar-refractivity contribution in [3.63, 3.8) is 0 Å². The van der Waals surface area contributed by atoms with Crippen LogP contribution in [-0.2, 0) is 10.8 Å². The number of rotatable bonds is 5. The summed E-state index contributed by atoms with van der Waals surface area (Å²) in [6.07, 6.45) is 30.6. The third-order valence-electron chi connectivity index (χ3n) is 15.0. The van der Waals surface area contributed by atoms with Crippen molar-refractivity contribution in [2.75, 3.05) is 9.80 Å². The molecule has 0 saturated carbocycles. The lowest BCUT2D eigenvalue weighted by Gasteiger charge is -2.54. The van der Waals surface area contributed by atoms with Gasteiger partial charge in [0.05, 0.1) is 0 Å². The topological polar surface area (TPSA) is 6.48 Å². The van der Waals surface area contributed by atoms with Gasteiger partial charge in [-0.2, -0.15) is 0 Å². The number of benzene rings is 3. The van der Waals surface area contributed by atoms with Gasteiger partial charge in [0.2, 0.25) is 6.71 Å². The fourth-order valence-corrected chi connectivity index (χ4v) is 11.5. The van der Waals surface area contributed by atoms with Crippen LogP contribution >= 0.6 is 0 Å². The fourth-order valence-electron chi connectivity index (χ4n) is 11.5. The van der Waals surface area contributed by atoms with Crippen LogP contribution in [0, 0.1) is 30.1 Å². The van der Waals surface area contributed by atoms with Crippen LogP contribution < -0.4 is 15.3 Å². The molecule has 0 fully saturated rings. The zero-order valence-corrected chi connectivity index (χ0v) is 36.3. The molecular formula is C54H65BN2. The lowest BCUT2D eigenvalue weighted by molar-refractivity contribution is 0.292. The van der Waals surface area contributed by atoms with Crippen molar-refractivity contribution in [2.45, 2.75) is 130 Å². The van der Waals surface area contributed by atoms with Gasteiger partial charge < -0.3 is 9.80 Å². The van der Waals surface area contributed by atoms with Crippen molar-refractivity contribution in [3.05, 3.63) is 149 Å². The summed E-state index contributed by atoms with van der Waals surface area (Å²) in [4.78, 5) is 5.49. The van der Waals surface area contributed by atoms with Gasteiger partial charge in [-0.3, -0.25) is 0 Å². The summed E-state index contributed by atoms with van der Waals surface area (Å²) >= 11 is 0. The standard InChI is InChI=1S/C54H65BN2/c1-36-20-26-43(27-21-36)56-47-30-22-37(2)32-45(47)55-46-33-41(53(6,7)8)25-31-48(46)57(44-28-23-38(24-29-44)52(3,4)5)50-35-42(34-49(56)51(50)55)54(9,39-16-12-10-13-17-39)40-18-14-11-15-19-40/h10-12,14,16,20-24,26-31,33-35,37,40-41,45,47H,13,15,17-19,25,32H2,1-9H3. The van der Waals surface area contributed by atoms with Gasteiger partial charge >= 0.3 is 0 Å². The molecule has 2 nitrogen and oxygen atoms in total. The van der Waals surface area contributed by atoms with E-state index in [1.54, 1.807) is 11.0 Å². The summed E-state index contributed by atoms with van der Waals surface area (Å²) in [5.74, 6) is 2.04. The minimum absolute atomic E-state index is 0.0901. The van der Waals surface area contributed by atoms with E-state index in [1.807, 2.05) is 0 Å². The second kappa shape index (κ2) is 14.2. The second-order valence-electron chi connectivity index (χ2n) is 20.8. The van der Waals surface area contributed by atoms with E-state index in [-0.39, 0.29) is 22.3 Å². The van der Waals surface area contributed by atoms with Crippen LogP contribution in [0.4, 0.5) is 22.7 Å². The maximum atomic E-state index is 2.78. The molecule has 3 heteroatoms. The number of nitrogens with zero attached hydrogens (tertiary/aromatic N) is 2. The van der Waals surface area contributed by atoms with Crippen molar-refractivity contribution in [1.82, 2.24) is 0 Å². The minimum Gasteiger partial charge on any atom is -0.335 e. The predicted molar refractivity (Wildman–Crippen MR) is 247 cm³/mol. The quantitative estimate of drug-likeness (QED) is 0.189. The van der Waals surface area contributed by atoms with Crippen LogP contribution in [0.2, 0.25) is 5.82 Å². The maximum Gasteiger partial charge on any atom is 0.222 e. The zero-order chi connectivity index (χ0) is 39.9. The van der Waals surface area contributed by atoms with E-state index >= 15 is 0 Å². The number of anilines is 4. The first-order valence-electron chi connectivity index (χ1n) is 22.3. The van der Waals surface area contributed by atoms with Gasteiger partial charge in [0.1, 0.15) is 0 Å². The molecule has 0 bridgehead atoms. The molecule has 2 heterocycles. The molecule has 4 aliphatic carbocycles. The van der Waals surface area contributed by atoms with Crippen molar-refractivity contribution in [1.29, 1.82) is 0 Å². The first-order valence-corrected chi connectivity index (χ1v) is 22.3. The summed E-state index contributed by atoms with van der Waals surface area (Å²) in [5, 5.41) is 0. The van der Waals surface area contributed by atoms with E-state index in [1.165, 1.54) is 63.4 Å². The third-order valence-corrected chi connectivity index (χ3v) is 15.0. The molecular weight excluding hydrogens is 687 g/mol. The maximum absolute atomic E-state index is 2.78. The van der Waals surface area contributed by atoms with E-state index in [0.29, 0.717) is 30.3 Å². The molecule has 6 unspecified atom stereocenters. The van der Waals surface area contributed by atoms with Crippen molar-refractivity contribution >= 4 is 34.9 Å². The fraction of sp³-hybridized carbons (Fsp3) is 0.444. The van der Waals surface area contributed by atoms with Gasteiger partial charge in [-0.05, 0) is 139 Å². The number of allylic oxidation sites excluding steroid dienone is 10. The Hall–Kier alpha value is -4.24. The number of hydrogen-bond donors (Lipinski definition) is 0. The van der Waals surface area contributed by atoms with Crippen LogP contribution in [0.5, 0.6) is 0 Å². The van der Waals surface area contributed by atoms with Crippen molar-refractivity contribution in [3.8, 4) is 0 Å². The van der Waals surface area contributed by atoms with Gasteiger partial charge in [0.15, 0.2) is 0 Å². The highest BCUT2D eigenvalue weighted by Gasteiger charge is 2.53. The predicted octanol–water partition coefficient (Wildman–Crippen LogP) is 13.9. The highest BCUT2D eigenvalue weighted by Crippen LogP contribution is 2.56. The van der Waals surface area contributed by atoms with Crippen LogP contribution in [0.25, 0.3) is 0 Å². The average Bonchev–Trinajstić information content (AvgIpc) is 3.20. The molecule has 6 aliphatic rings. The second-order valence-corrected chi connectivity index (χ2v) is 20.8. The Balaban J connectivity index is 1.38. The molecule has 9 rings (SSSR count). The Morgan fingerprint density at radius 1 is 0.754 bits per heavy atom. The van der Waals surface area contributed by atoms with Crippen LogP contribution in [0.3, 0.4) is 0 Å². The smallest absolute Gasteiger partial charge is 0.222 e. The van der Waals surface area contributed by atoms with E-state index in [2.05, 4.69) is 187 Å². The summed E-state index contributed by atoms with van der Waals surface area (Å²) in [5.41, 5.74) is 15.8. The normalized spacial score (nSPS) is 26.5. The molecule has 0 aromatic heterocycles. The molecule has 57 heavy (non-hydrogen) atoms. The number of hydrogen-bond acceptors (Lipinski definition) is 2. The molecule has 0 saturated heterocycles. The molecule has 6 atom stereocenters. The average molecular weight is 753 g/mol. The highest BCUT2D eigenvalue weighted by molar-refractivity contribution is 6.86. The lowest BCUT2D eigenvalue weighted by atomic mass is 9.26. The van der Waals surface area contributed by atoms with E-state index in [4.69, 9.17) is 0 Å². The molecule has 3 aromatic carbocycles. The van der Waals surface area contributed by atoms with Gasteiger partial charge in [0.25, 0.3) is 0 Å². The zero-order valence-electron chi connectivity index (χ0n) is 36.3. The SMILES string of the molecule is Cc1ccc(N2c3cc(C(C)(C4=CC=CCC4)C4CC=CCC4)cc4c3B(C3=CC(C(C)(C)C)CC=C3N4c3ccc(C(C)(C)C)cc3)C3CC(C)C=CC32)cc1. The van der Waals surface area contributed by atoms with Gasteiger partial charge in [-0.25, -0.2) is 0 Å². The Labute approximate surface area is 345 Å². The molecule has 2 aliphatic heterocycles. The van der Waals surface area contributed by atoms with Crippen LogP contribution in [-0.4, -0.2) is 12.8 Å². The summed E-state index contributed by atoms with van der Waals surface area (Å²) in [6, 6.07) is 24.7. The van der Waals surface area contributed by atoms with E-state index < -0.39 is 0 Å². The number of aryl methyl sites for hydroxylation is 1. The molecule has 3 aromatic rings. The Bertz CT molecular complexity index is 2210.